The van der Waals surface area contributed by atoms with Crippen molar-refractivity contribution in [3.05, 3.63) is 45.4 Å². The molecule has 0 bridgehead atoms. The third-order valence-corrected chi connectivity index (χ3v) is 4.14. The van der Waals surface area contributed by atoms with Gasteiger partial charge in [0, 0.05) is 16.8 Å². The van der Waals surface area contributed by atoms with Crippen molar-refractivity contribution in [1.29, 1.82) is 0 Å². The molecule has 0 fully saturated rings. The molecule has 150 valence electrons. The van der Waals surface area contributed by atoms with Crippen LogP contribution in [0.4, 0.5) is 0 Å². The Morgan fingerprint density at radius 1 is 1.32 bits per heavy atom. The first-order valence-corrected chi connectivity index (χ1v) is 8.77. The van der Waals surface area contributed by atoms with Gasteiger partial charge in [0.05, 0.1) is 18.8 Å². The number of hydrogen-bond donors (Lipinski definition) is 4. The lowest BCUT2D eigenvalue weighted by atomic mass is 10.1. The second-order valence-corrected chi connectivity index (χ2v) is 6.23. The molecule has 0 saturated carbocycles. The fraction of sp³-hybridized carbons (Fsp3) is 0.368. The van der Waals surface area contributed by atoms with Crippen LogP contribution in [0.25, 0.3) is 11.4 Å². The summed E-state index contributed by atoms with van der Waals surface area (Å²) in [5.74, 6) is -1.36. The van der Waals surface area contributed by atoms with Crippen LogP contribution in [0.3, 0.4) is 0 Å². The number of carbonyl (C=O) groups excluding carboxylic acids is 1. The first-order chi connectivity index (χ1) is 13.3. The number of carboxylic acid groups (broad SMARTS) is 1. The normalized spacial score (nSPS) is 11.7. The Kier molecular flexibility index (Phi) is 6.89. The number of aromatic nitrogens is 2. The number of aliphatic hydroxyl groups excluding tert-OH is 1. The van der Waals surface area contributed by atoms with Gasteiger partial charge in [0.25, 0.3) is 11.5 Å². The molecular weight excluding hydrogens is 366 g/mol. The van der Waals surface area contributed by atoms with Crippen LogP contribution in [-0.4, -0.2) is 51.3 Å². The summed E-state index contributed by atoms with van der Waals surface area (Å²) < 4.78 is 5.70. The molecule has 1 atom stereocenters. The molecule has 0 aliphatic carbocycles. The summed E-state index contributed by atoms with van der Waals surface area (Å²) in [7, 11) is 0. The maximum absolute atomic E-state index is 12.4. The molecule has 0 aliphatic rings. The van der Waals surface area contributed by atoms with Gasteiger partial charge >= 0.3 is 5.97 Å². The maximum Gasteiger partial charge on any atom is 0.328 e. The van der Waals surface area contributed by atoms with Gasteiger partial charge in [-0.05, 0) is 38.5 Å². The standard InChI is InChI=1S/C19H23N3O6/c1-4-7-28-15-6-5-12(18(25)21-14(9-23)19(26)27)8-13(15)16-20-11(3)10(2)17(24)22-16/h5-6,8,14,23H,4,7,9H2,1-3H3,(H,21,25)(H,26,27)(H,20,22,24). The molecule has 1 amide bonds. The van der Waals surface area contributed by atoms with Gasteiger partial charge in [0.2, 0.25) is 0 Å². The predicted molar refractivity (Wildman–Crippen MR) is 102 cm³/mol. The number of carbonyl (C=O) groups is 2. The molecule has 1 heterocycles. The quantitative estimate of drug-likeness (QED) is 0.528. The van der Waals surface area contributed by atoms with Crippen LogP contribution in [0.2, 0.25) is 0 Å². The lowest BCUT2D eigenvalue weighted by Gasteiger charge is -2.15. The van der Waals surface area contributed by atoms with Crippen molar-refractivity contribution in [2.75, 3.05) is 13.2 Å². The van der Waals surface area contributed by atoms with E-state index in [1.165, 1.54) is 12.1 Å². The zero-order valence-corrected chi connectivity index (χ0v) is 15.9. The van der Waals surface area contributed by atoms with Gasteiger partial charge < -0.3 is 25.3 Å². The van der Waals surface area contributed by atoms with E-state index in [1.54, 1.807) is 19.9 Å². The van der Waals surface area contributed by atoms with Crippen molar-refractivity contribution < 1.29 is 24.5 Å². The van der Waals surface area contributed by atoms with Crippen molar-refractivity contribution in [3.63, 3.8) is 0 Å². The van der Waals surface area contributed by atoms with E-state index in [1.807, 2.05) is 6.92 Å². The lowest BCUT2D eigenvalue weighted by Crippen LogP contribution is -2.43. The van der Waals surface area contributed by atoms with Gasteiger partial charge in [-0.1, -0.05) is 6.92 Å². The highest BCUT2D eigenvalue weighted by molar-refractivity contribution is 5.98. The number of H-pyrrole nitrogens is 1. The zero-order valence-electron chi connectivity index (χ0n) is 15.9. The molecule has 1 aromatic heterocycles. The van der Waals surface area contributed by atoms with Crippen LogP contribution >= 0.6 is 0 Å². The molecule has 0 aliphatic heterocycles. The molecule has 0 saturated heterocycles. The highest BCUT2D eigenvalue weighted by Crippen LogP contribution is 2.29. The molecule has 0 radical (unpaired) electrons. The number of carboxylic acids is 1. The molecule has 9 heteroatoms. The average Bonchev–Trinajstić information content (AvgIpc) is 2.67. The fourth-order valence-corrected chi connectivity index (χ4v) is 2.39. The molecule has 2 aromatic rings. The Hall–Kier alpha value is -3.20. The Bertz CT molecular complexity index is 938. The number of rotatable bonds is 8. The summed E-state index contributed by atoms with van der Waals surface area (Å²) in [6, 6.07) is 3.07. The Balaban J connectivity index is 2.50. The molecule has 9 nitrogen and oxygen atoms in total. The highest BCUT2D eigenvalue weighted by atomic mass is 16.5. The van der Waals surface area contributed by atoms with E-state index in [2.05, 4.69) is 15.3 Å². The van der Waals surface area contributed by atoms with E-state index in [0.717, 1.165) is 6.42 Å². The number of nitrogens with one attached hydrogen (secondary N) is 2. The van der Waals surface area contributed by atoms with Crippen molar-refractivity contribution in [2.45, 2.75) is 33.2 Å². The smallest absolute Gasteiger partial charge is 0.328 e. The number of benzene rings is 1. The van der Waals surface area contributed by atoms with Gasteiger partial charge in [0.1, 0.15) is 11.6 Å². The lowest BCUT2D eigenvalue weighted by molar-refractivity contribution is -0.140. The minimum absolute atomic E-state index is 0.138. The summed E-state index contributed by atoms with van der Waals surface area (Å²) in [5.41, 5.74) is 1.27. The number of ether oxygens (including phenoxy) is 1. The van der Waals surface area contributed by atoms with E-state index in [-0.39, 0.29) is 16.9 Å². The molecule has 28 heavy (non-hydrogen) atoms. The van der Waals surface area contributed by atoms with E-state index < -0.39 is 24.5 Å². The van der Waals surface area contributed by atoms with Crippen molar-refractivity contribution in [2.24, 2.45) is 0 Å². The maximum atomic E-state index is 12.4. The molecular formula is C19H23N3O6. The van der Waals surface area contributed by atoms with E-state index in [4.69, 9.17) is 14.9 Å². The third kappa shape index (κ3) is 4.74. The van der Waals surface area contributed by atoms with Crippen LogP contribution in [0.1, 0.15) is 35.0 Å². The summed E-state index contributed by atoms with van der Waals surface area (Å²) in [6.07, 6.45) is 0.759. The number of amides is 1. The summed E-state index contributed by atoms with van der Waals surface area (Å²) in [4.78, 5) is 42.6. The van der Waals surface area contributed by atoms with Crippen LogP contribution in [-0.2, 0) is 4.79 Å². The van der Waals surface area contributed by atoms with Crippen LogP contribution < -0.4 is 15.6 Å². The molecule has 0 spiro atoms. The fourth-order valence-electron chi connectivity index (χ4n) is 2.39. The molecule has 2 rings (SSSR count). The Morgan fingerprint density at radius 2 is 2.04 bits per heavy atom. The number of nitrogens with zero attached hydrogens (tertiary/aromatic N) is 1. The number of aliphatic carboxylic acids is 1. The van der Waals surface area contributed by atoms with E-state index in [9.17, 15) is 14.4 Å². The van der Waals surface area contributed by atoms with Gasteiger partial charge in [0.15, 0.2) is 6.04 Å². The summed E-state index contributed by atoms with van der Waals surface area (Å²) >= 11 is 0. The van der Waals surface area contributed by atoms with Crippen molar-refractivity contribution >= 4 is 11.9 Å². The van der Waals surface area contributed by atoms with Gasteiger partial charge in [-0.15, -0.1) is 0 Å². The topological polar surface area (TPSA) is 142 Å². The Labute approximate surface area is 161 Å². The van der Waals surface area contributed by atoms with Crippen LogP contribution in [0.5, 0.6) is 5.75 Å². The summed E-state index contributed by atoms with van der Waals surface area (Å²) in [6.45, 7) is 5.00. The molecule has 4 N–H and O–H groups in total. The average molecular weight is 389 g/mol. The first-order valence-electron chi connectivity index (χ1n) is 8.77. The number of aliphatic hydroxyl groups is 1. The number of aryl methyl sites for hydroxylation is 1. The molecule has 1 aromatic carbocycles. The third-order valence-electron chi connectivity index (χ3n) is 4.14. The van der Waals surface area contributed by atoms with Gasteiger partial charge in [-0.25, -0.2) is 9.78 Å². The number of aromatic amines is 1. The minimum atomic E-state index is -1.42. The van der Waals surface area contributed by atoms with Crippen LogP contribution in [0.15, 0.2) is 23.0 Å². The monoisotopic (exact) mass is 389 g/mol. The molecule has 1 unspecified atom stereocenters. The second kappa shape index (κ2) is 9.14. The van der Waals surface area contributed by atoms with Gasteiger partial charge in [-0.2, -0.15) is 0 Å². The number of hydrogen-bond acceptors (Lipinski definition) is 6. The van der Waals surface area contributed by atoms with Crippen molar-refractivity contribution in [1.82, 2.24) is 15.3 Å². The first kappa shape index (κ1) is 21.1. The SMILES string of the molecule is CCCOc1ccc(C(=O)NC(CO)C(=O)O)cc1-c1nc(C)c(C)c(=O)[nH]1. The van der Waals surface area contributed by atoms with E-state index in [0.29, 0.717) is 29.2 Å². The minimum Gasteiger partial charge on any atom is -0.493 e. The van der Waals surface area contributed by atoms with Gasteiger partial charge in [-0.3, -0.25) is 9.59 Å². The Morgan fingerprint density at radius 3 is 2.61 bits per heavy atom. The second-order valence-electron chi connectivity index (χ2n) is 6.23. The van der Waals surface area contributed by atoms with E-state index >= 15 is 0 Å². The summed E-state index contributed by atoms with van der Waals surface area (Å²) in [5, 5.41) is 20.3. The largest absolute Gasteiger partial charge is 0.493 e. The predicted octanol–water partition coefficient (Wildman–Crippen LogP) is 1.02. The van der Waals surface area contributed by atoms with Crippen LogP contribution in [0, 0.1) is 13.8 Å². The van der Waals surface area contributed by atoms with Crippen molar-refractivity contribution in [3.8, 4) is 17.1 Å². The zero-order chi connectivity index (χ0) is 20.8. The highest BCUT2D eigenvalue weighted by Gasteiger charge is 2.21.